The van der Waals surface area contributed by atoms with E-state index in [4.69, 9.17) is 9.98 Å². The van der Waals surface area contributed by atoms with Crippen LogP contribution in [0.4, 0.5) is 0 Å². The molecule has 1 aliphatic rings. The molecule has 2 N–H and O–H groups in total. The van der Waals surface area contributed by atoms with Crippen molar-refractivity contribution in [3.8, 4) is 44.6 Å². The van der Waals surface area contributed by atoms with Crippen molar-refractivity contribution in [2.45, 2.75) is 12.3 Å². The average Bonchev–Trinajstić information content (AvgIpc) is 3.76. The molecule has 3 heterocycles. The number of thiophene rings is 1. The Morgan fingerprint density at radius 1 is 0.413 bits per heavy atom. The van der Waals surface area contributed by atoms with Crippen LogP contribution in [0.3, 0.4) is 0 Å². The molecule has 0 radical (unpaired) electrons. The molecule has 0 amide bonds. The zero-order valence-electron chi connectivity index (χ0n) is 34.2. The first-order valence-corrected chi connectivity index (χ1v) is 22.3. The molecule has 0 bridgehead atoms. The second-order valence-electron chi connectivity index (χ2n) is 16.2. The maximum atomic E-state index is 5.38. The summed E-state index contributed by atoms with van der Waals surface area (Å²) < 4.78 is 2.54. The first kappa shape index (κ1) is 37.1. The fourth-order valence-electron chi connectivity index (χ4n) is 9.25. The molecule has 4 nitrogen and oxygen atoms in total. The Balaban J connectivity index is 0.960. The third kappa shape index (κ3) is 6.75. The fourth-order valence-corrected chi connectivity index (χ4v) is 10.5. The number of amidine groups is 1. The normalized spacial score (nSPS) is 15.1. The largest absolute Gasteiger partial charge is 0.350 e. The highest BCUT2D eigenvalue weighted by Gasteiger charge is 2.26. The van der Waals surface area contributed by atoms with E-state index in [-0.39, 0.29) is 12.3 Å². The summed E-state index contributed by atoms with van der Waals surface area (Å²) in [6.45, 7) is 0. The molecule has 2 aromatic heterocycles. The van der Waals surface area contributed by atoms with Gasteiger partial charge < -0.3 is 5.32 Å². The van der Waals surface area contributed by atoms with Crippen molar-refractivity contribution in [3.05, 3.63) is 235 Å². The first-order chi connectivity index (χ1) is 31.2. The molecule has 9 aromatic carbocycles. The second kappa shape index (κ2) is 15.6. The van der Waals surface area contributed by atoms with E-state index < -0.39 is 0 Å². The van der Waals surface area contributed by atoms with Gasteiger partial charge in [0.15, 0.2) is 0 Å². The Hall–Kier alpha value is -7.70. The summed E-state index contributed by atoms with van der Waals surface area (Å²) in [5.41, 5.74) is 13.6. The molecule has 0 saturated carbocycles. The summed E-state index contributed by atoms with van der Waals surface area (Å²) in [6, 6.07) is 78.0. The van der Waals surface area contributed by atoms with Crippen LogP contribution in [-0.4, -0.2) is 10.8 Å². The van der Waals surface area contributed by atoms with Crippen LogP contribution >= 0.6 is 11.3 Å². The number of hydrogen-bond donors (Lipinski definition) is 2. The monoisotopic (exact) mass is 824 g/mol. The Bertz CT molecular complexity index is 3490. The summed E-state index contributed by atoms with van der Waals surface area (Å²) in [6.07, 6.45) is -0.469. The average molecular weight is 825 g/mol. The smallest absolute Gasteiger partial charge is 0.131 e. The quantitative estimate of drug-likeness (QED) is 0.157. The Morgan fingerprint density at radius 3 is 1.73 bits per heavy atom. The van der Waals surface area contributed by atoms with E-state index in [0.29, 0.717) is 0 Å². The molecule has 63 heavy (non-hydrogen) atoms. The Labute approximate surface area is 369 Å². The van der Waals surface area contributed by atoms with Crippen LogP contribution in [0.2, 0.25) is 0 Å². The molecule has 0 fully saturated rings. The molecule has 12 rings (SSSR count). The van der Waals surface area contributed by atoms with Crippen molar-refractivity contribution < 1.29 is 0 Å². The number of hydrogen-bond acceptors (Lipinski definition) is 5. The van der Waals surface area contributed by atoms with Crippen molar-refractivity contribution in [2.75, 3.05) is 0 Å². The summed E-state index contributed by atoms with van der Waals surface area (Å²) in [4.78, 5) is 10.6. The van der Waals surface area contributed by atoms with Crippen LogP contribution in [-0.2, 0) is 0 Å². The van der Waals surface area contributed by atoms with Gasteiger partial charge in [-0.25, -0.2) is 9.98 Å². The minimum atomic E-state index is -0.297. The molecule has 2 unspecified atom stereocenters. The van der Waals surface area contributed by atoms with E-state index in [9.17, 15) is 0 Å². The van der Waals surface area contributed by atoms with Crippen molar-refractivity contribution in [1.29, 1.82) is 0 Å². The zero-order chi connectivity index (χ0) is 41.7. The van der Waals surface area contributed by atoms with E-state index in [1.165, 1.54) is 69.7 Å². The molecular formula is C58H40N4S. The standard InChI is InChI=1S/C58H40N4S/c1-4-14-37(15-5-1)39-26-30-42(31-27-39)56-60-57(43-32-28-40(29-33-43)38-16-6-2-7-17-38)62-58(61-56)45-21-12-20-44(36-45)46-23-13-24-49-53-51(63-55(46)49)35-34-48-52(53)47-22-10-11-25-50(47)59-54(48)41-18-8-3-9-19-41/h1-36,56,58,61H,(H,60,62). The molecule has 1 aliphatic heterocycles. The molecule has 5 heteroatoms. The van der Waals surface area contributed by atoms with Crippen LogP contribution in [0.15, 0.2) is 223 Å². The van der Waals surface area contributed by atoms with Crippen molar-refractivity contribution in [2.24, 2.45) is 4.99 Å². The lowest BCUT2D eigenvalue weighted by atomic mass is 9.95. The van der Waals surface area contributed by atoms with E-state index in [1.54, 1.807) is 0 Å². The third-order valence-electron chi connectivity index (χ3n) is 12.4. The topological polar surface area (TPSA) is 49.3 Å². The number of nitrogens with zero attached hydrogens (tertiary/aromatic N) is 2. The van der Waals surface area contributed by atoms with Gasteiger partial charge in [0.1, 0.15) is 18.2 Å². The van der Waals surface area contributed by atoms with E-state index >= 15 is 0 Å². The summed E-state index contributed by atoms with van der Waals surface area (Å²) in [5.74, 6) is 0.857. The third-order valence-corrected chi connectivity index (χ3v) is 13.6. The number of rotatable bonds is 7. The minimum absolute atomic E-state index is 0.172. The highest BCUT2D eigenvalue weighted by Crippen LogP contribution is 2.46. The lowest BCUT2D eigenvalue weighted by Gasteiger charge is -2.32. The number of benzene rings is 9. The highest BCUT2D eigenvalue weighted by atomic mass is 32.1. The van der Waals surface area contributed by atoms with E-state index in [0.717, 1.165) is 39.3 Å². The van der Waals surface area contributed by atoms with Crippen LogP contribution in [0.5, 0.6) is 0 Å². The Morgan fingerprint density at radius 2 is 1.00 bits per heavy atom. The number of pyridine rings is 1. The molecule has 11 aromatic rings. The van der Waals surface area contributed by atoms with E-state index in [1.807, 2.05) is 11.3 Å². The first-order valence-electron chi connectivity index (χ1n) is 21.5. The zero-order valence-corrected chi connectivity index (χ0v) is 35.1. The summed E-state index contributed by atoms with van der Waals surface area (Å²) in [5, 5.41) is 13.8. The Kier molecular flexibility index (Phi) is 9.21. The molecular weight excluding hydrogens is 785 g/mol. The van der Waals surface area contributed by atoms with Crippen LogP contribution in [0.25, 0.3) is 86.5 Å². The maximum Gasteiger partial charge on any atom is 0.131 e. The van der Waals surface area contributed by atoms with Crippen molar-refractivity contribution in [3.63, 3.8) is 0 Å². The lowest BCUT2D eigenvalue weighted by Crippen LogP contribution is -2.44. The van der Waals surface area contributed by atoms with Gasteiger partial charge in [0.05, 0.1) is 11.2 Å². The van der Waals surface area contributed by atoms with Gasteiger partial charge in [-0.1, -0.05) is 200 Å². The van der Waals surface area contributed by atoms with Crippen molar-refractivity contribution >= 4 is 59.0 Å². The van der Waals surface area contributed by atoms with Gasteiger partial charge in [0.25, 0.3) is 0 Å². The van der Waals surface area contributed by atoms with Gasteiger partial charge in [-0.15, -0.1) is 11.3 Å². The van der Waals surface area contributed by atoms with Crippen LogP contribution < -0.4 is 10.6 Å². The van der Waals surface area contributed by atoms with Gasteiger partial charge in [0.2, 0.25) is 0 Å². The maximum absolute atomic E-state index is 5.38. The molecule has 0 saturated heterocycles. The van der Waals surface area contributed by atoms with Gasteiger partial charge in [-0.3, -0.25) is 5.32 Å². The molecule has 2 atom stereocenters. The minimum Gasteiger partial charge on any atom is -0.350 e. The van der Waals surface area contributed by atoms with Gasteiger partial charge >= 0.3 is 0 Å². The number of fused-ring (bicyclic) bond motifs is 7. The lowest BCUT2D eigenvalue weighted by molar-refractivity contribution is 0.409. The number of aliphatic imine (C=N–C) groups is 1. The molecule has 0 spiro atoms. The summed E-state index contributed by atoms with van der Waals surface area (Å²) >= 11 is 1.87. The molecule has 298 valence electrons. The number of nitrogens with one attached hydrogen (secondary N) is 2. The predicted molar refractivity (Wildman–Crippen MR) is 265 cm³/mol. The van der Waals surface area contributed by atoms with Crippen LogP contribution in [0.1, 0.15) is 29.0 Å². The second-order valence-corrected chi connectivity index (χ2v) is 17.2. The predicted octanol–water partition coefficient (Wildman–Crippen LogP) is 14.8. The summed E-state index contributed by atoms with van der Waals surface area (Å²) in [7, 11) is 0. The fraction of sp³-hybridized carbons (Fsp3) is 0.0345. The number of para-hydroxylation sites is 1. The van der Waals surface area contributed by atoms with Crippen molar-refractivity contribution in [1.82, 2.24) is 15.6 Å². The van der Waals surface area contributed by atoms with Gasteiger partial charge in [-0.05, 0) is 62.7 Å². The van der Waals surface area contributed by atoms with E-state index in [2.05, 4.69) is 229 Å². The molecule has 0 aliphatic carbocycles. The SMILES string of the molecule is c1ccc(-c2ccc(C3=NC(c4cccc(-c5cccc6c5sc5ccc7c(-c8ccccc8)nc8ccccc8c7c56)c4)NC(c4ccc(-c5ccccc5)cc4)N3)cc2)cc1. The number of aromatic nitrogens is 1. The van der Waals surface area contributed by atoms with Gasteiger partial charge in [0, 0.05) is 47.5 Å². The van der Waals surface area contributed by atoms with Gasteiger partial charge in [-0.2, -0.15) is 0 Å². The van der Waals surface area contributed by atoms with Crippen LogP contribution in [0, 0.1) is 0 Å². The highest BCUT2D eigenvalue weighted by molar-refractivity contribution is 7.26.